The Kier molecular flexibility index (Phi) is 2.75. The molecule has 0 aliphatic rings. The molecule has 0 saturated carbocycles. The SMILES string of the molecule is Nc1cc(F)ccc1-c1c(F)cc(F)cc1F. The first-order valence-electron chi connectivity index (χ1n) is 4.69. The fourth-order valence-electron chi connectivity index (χ4n) is 1.56. The first-order valence-corrected chi connectivity index (χ1v) is 4.69. The van der Waals surface area contributed by atoms with E-state index in [1.165, 1.54) is 0 Å². The summed E-state index contributed by atoms with van der Waals surface area (Å²) < 4.78 is 52.4. The smallest absolute Gasteiger partial charge is 0.136 e. The van der Waals surface area contributed by atoms with Crippen molar-refractivity contribution >= 4 is 5.69 Å². The van der Waals surface area contributed by atoms with Crippen LogP contribution in [0.3, 0.4) is 0 Å². The van der Waals surface area contributed by atoms with Crippen LogP contribution >= 0.6 is 0 Å². The highest BCUT2D eigenvalue weighted by Gasteiger charge is 2.15. The number of benzene rings is 2. The average Bonchev–Trinajstić information content (AvgIpc) is 2.19. The number of anilines is 1. The maximum atomic E-state index is 13.4. The molecule has 0 aliphatic carbocycles. The number of hydrogen-bond donors (Lipinski definition) is 1. The summed E-state index contributed by atoms with van der Waals surface area (Å²) in [5.74, 6) is -3.81. The number of nitrogen functional groups attached to an aromatic ring is 1. The molecule has 0 radical (unpaired) electrons. The van der Waals surface area contributed by atoms with Crippen molar-refractivity contribution in [3.63, 3.8) is 0 Å². The van der Waals surface area contributed by atoms with Gasteiger partial charge < -0.3 is 5.73 Å². The molecule has 0 unspecified atom stereocenters. The third-order valence-electron chi connectivity index (χ3n) is 2.29. The molecule has 1 nitrogen and oxygen atoms in total. The van der Waals surface area contributed by atoms with Crippen LogP contribution in [0.25, 0.3) is 11.1 Å². The minimum Gasteiger partial charge on any atom is -0.398 e. The van der Waals surface area contributed by atoms with Gasteiger partial charge in [0.05, 0.1) is 5.56 Å². The predicted molar refractivity (Wildman–Crippen MR) is 56.1 cm³/mol. The molecule has 2 N–H and O–H groups in total. The lowest BCUT2D eigenvalue weighted by Crippen LogP contribution is -1.97. The van der Waals surface area contributed by atoms with E-state index in [9.17, 15) is 17.6 Å². The van der Waals surface area contributed by atoms with Crippen LogP contribution < -0.4 is 5.73 Å². The highest BCUT2D eigenvalue weighted by molar-refractivity contribution is 5.77. The minimum absolute atomic E-state index is 0.0126. The molecule has 2 aromatic carbocycles. The maximum Gasteiger partial charge on any atom is 0.136 e. The fraction of sp³-hybridized carbons (Fsp3) is 0. The number of nitrogens with two attached hydrogens (primary N) is 1. The van der Waals surface area contributed by atoms with Crippen LogP contribution in [0, 0.1) is 23.3 Å². The van der Waals surface area contributed by atoms with Crippen molar-refractivity contribution in [2.24, 2.45) is 0 Å². The molecule has 88 valence electrons. The van der Waals surface area contributed by atoms with E-state index in [4.69, 9.17) is 5.73 Å². The van der Waals surface area contributed by atoms with Gasteiger partial charge in [-0.25, -0.2) is 17.6 Å². The van der Waals surface area contributed by atoms with Gasteiger partial charge in [0.2, 0.25) is 0 Å². The first kappa shape index (κ1) is 11.4. The number of rotatable bonds is 1. The highest BCUT2D eigenvalue weighted by atomic mass is 19.1. The van der Waals surface area contributed by atoms with Crippen molar-refractivity contribution < 1.29 is 17.6 Å². The van der Waals surface area contributed by atoms with Crippen LogP contribution in [0.1, 0.15) is 0 Å². The number of halogens is 4. The molecule has 5 heteroatoms. The summed E-state index contributed by atoms with van der Waals surface area (Å²) in [6, 6.07) is 4.19. The summed E-state index contributed by atoms with van der Waals surface area (Å²) in [4.78, 5) is 0. The van der Waals surface area contributed by atoms with E-state index in [2.05, 4.69) is 0 Å². The second kappa shape index (κ2) is 4.08. The molecule has 0 spiro atoms. The summed E-state index contributed by atoms with van der Waals surface area (Å²) in [7, 11) is 0. The Morgan fingerprint density at radius 1 is 0.765 bits per heavy atom. The molecular weight excluding hydrogens is 234 g/mol. The van der Waals surface area contributed by atoms with E-state index in [1.54, 1.807) is 0 Å². The molecule has 0 fully saturated rings. The van der Waals surface area contributed by atoms with E-state index in [-0.39, 0.29) is 11.3 Å². The van der Waals surface area contributed by atoms with Crippen molar-refractivity contribution in [3.8, 4) is 11.1 Å². The zero-order chi connectivity index (χ0) is 12.6. The Hall–Kier alpha value is -2.04. The van der Waals surface area contributed by atoms with Crippen molar-refractivity contribution in [1.82, 2.24) is 0 Å². The summed E-state index contributed by atoms with van der Waals surface area (Å²) >= 11 is 0. The summed E-state index contributed by atoms with van der Waals surface area (Å²) in [5, 5.41) is 0. The Labute approximate surface area is 94.5 Å². The standard InChI is InChI=1S/C12H7F4N/c13-6-1-2-8(11(17)5-6)12-9(15)3-7(14)4-10(12)16/h1-5H,17H2. The monoisotopic (exact) mass is 241 g/mol. The molecule has 2 aromatic rings. The largest absolute Gasteiger partial charge is 0.398 e. The van der Waals surface area contributed by atoms with Gasteiger partial charge in [-0.2, -0.15) is 0 Å². The normalized spacial score (nSPS) is 10.6. The highest BCUT2D eigenvalue weighted by Crippen LogP contribution is 2.31. The van der Waals surface area contributed by atoms with Crippen molar-refractivity contribution in [3.05, 3.63) is 53.6 Å². The summed E-state index contributed by atoms with van der Waals surface area (Å²) in [6.45, 7) is 0. The fourth-order valence-corrected chi connectivity index (χ4v) is 1.56. The van der Waals surface area contributed by atoms with E-state index >= 15 is 0 Å². The Bertz CT molecular complexity index is 558. The number of hydrogen-bond acceptors (Lipinski definition) is 1. The van der Waals surface area contributed by atoms with E-state index in [1.807, 2.05) is 0 Å². The second-order valence-corrected chi connectivity index (χ2v) is 3.48. The third-order valence-corrected chi connectivity index (χ3v) is 2.29. The topological polar surface area (TPSA) is 26.0 Å². The molecular formula is C12H7F4N. The Morgan fingerprint density at radius 2 is 1.35 bits per heavy atom. The van der Waals surface area contributed by atoms with Crippen LogP contribution in [0.2, 0.25) is 0 Å². The summed E-state index contributed by atoms with van der Waals surface area (Å²) in [5.41, 5.74) is 4.86. The van der Waals surface area contributed by atoms with Crippen molar-refractivity contribution in [2.75, 3.05) is 5.73 Å². The lowest BCUT2D eigenvalue weighted by Gasteiger charge is -2.08. The van der Waals surface area contributed by atoms with Crippen molar-refractivity contribution in [1.29, 1.82) is 0 Å². The molecule has 0 saturated heterocycles. The zero-order valence-electron chi connectivity index (χ0n) is 8.48. The average molecular weight is 241 g/mol. The second-order valence-electron chi connectivity index (χ2n) is 3.48. The van der Waals surface area contributed by atoms with Gasteiger partial charge in [-0.1, -0.05) is 0 Å². The van der Waals surface area contributed by atoms with Gasteiger partial charge in [0.25, 0.3) is 0 Å². The van der Waals surface area contributed by atoms with Crippen LogP contribution in [-0.2, 0) is 0 Å². The predicted octanol–water partition coefficient (Wildman–Crippen LogP) is 3.49. The van der Waals surface area contributed by atoms with E-state index in [0.717, 1.165) is 18.2 Å². The van der Waals surface area contributed by atoms with Crippen LogP contribution in [0.5, 0.6) is 0 Å². The molecule has 2 rings (SSSR count). The molecule has 0 aliphatic heterocycles. The van der Waals surface area contributed by atoms with Gasteiger partial charge in [-0.3, -0.25) is 0 Å². The van der Waals surface area contributed by atoms with Gasteiger partial charge in [0.1, 0.15) is 23.3 Å². The van der Waals surface area contributed by atoms with Gasteiger partial charge in [0.15, 0.2) is 0 Å². The van der Waals surface area contributed by atoms with Crippen LogP contribution in [0.15, 0.2) is 30.3 Å². The Morgan fingerprint density at radius 3 is 1.88 bits per heavy atom. The van der Waals surface area contributed by atoms with Crippen molar-refractivity contribution in [2.45, 2.75) is 0 Å². The van der Waals surface area contributed by atoms with Gasteiger partial charge >= 0.3 is 0 Å². The van der Waals surface area contributed by atoms with Gasteiger partial charge in [-0.05, 0) is 18.2 Å². The maximum absolute atomic E-state index is 13.4. The molecule has 0 bridgehead atoms. The van der Waals surface area contributed by atoms with Crippen LogP contribution in [-0.4, -0.2) is 0 Å². The molecule has 0 atom stereocenters. The molecule has 17 heavy (non-hydrogen) atoms. The lowest BCUT2D eigenvalue weighted by atomic mass is 10.0. The van der Waals surface area contributed by atoms with Gasteiger partial charge in [-0.15, -0.1) is 0 Å². The quantitative estimate of drug-likeness (QED) is 0.600. The molecule has 0 amide bonds. The zero-order valence-corrected chi connectivity index (χ0v) is 8.48. The molecule has 0 heterocycles. The molecule has 0 aromatic heterocycles. The van der Waals surface area contributed by atoms with Gasteiger partial charge in [0, 0.05) is 23.4 Å². The summed E-state index contributed by atoms with van der Waals surface area (Å²) in [6.07, 6.45) is 0. The minimum atomic E-state index is -1.08. The first-order chi connectivity index (χ1) is 7.99. The van der Waals surface area contributed by atoms with E-state index in [0.29, 0.717) is 12.1 Å². The van der Waals surface area contributed by atoms with E-state index < -0.39 is 28.8 Å². The lowest BCUT2D eigenvalue weighted by molar-refractivity contribution is 0.548. The Balaban J connectivity index is 2.68. The third kappa shape index (κ3) is 2.08. The van der Waals surface area contributed by atoms with Crippen LogP contribution in [0.4, 0.5) is 23.2 Å².